The van der Waals surface area contributed by atoms with E-state index in [1.807, 2.05) is 30.3 Å². The molecule has 0 spiro atoms. The molecule has 0 aromatic heterocycles. The first-order valence-corrected chi connectivity index (χ1v) is 8.01. The number of nitrogen functional groups attached to an aromatic ring is 1. The summed E-state index contributed by atoms with van der Waals surface area (Å²) < 4.78 is 5.20. The third-order valence-corrected chi connectivity index (χ3v) is 4.15. The first-order chi connectivity index (χ1) is 11.6. The number of rotatable bonds is 7. The molecule has 2 aromatic carbocycles. The van der Waals surface area contributed by atoms with Crippen molar-refractivity contribution in [3.63, 3.8) is 0 Å². The molecule has 1 atom stereocenters. The van der Waals surface area contributed by atoms with Crippen molar-refractivity contribution in [2.24, 2.45) is 0 Å². The van der Waals surface area contributed by atoms with Crippen molar-refractivity contribution in [3.8, 4) is 5.75 Å². The second kappa shape index (κ2) is 8.57. The number of hydrogen-bond donors (Lipinski definition) is 3. The van der Waals surface area contributed by atoms with E-state index in [-0.39, 0.29) is 18.4 Å². The van der Waals surface area contributed by atoms with E-state index >= 15 is 0 Å². The molecule has 0 heterocycles. The van der Waals surface area contributed by atoms with Gasteiger partial charge in [-0.25, -0.2) is 0 Å². The maximum atomic E-state index is 12.5. The van der Waals surface area contributed by atoms with Gasteiger partial charge in [-0.1, -0.05) is 41.9 Å². The molecule has 1 unspecified atom stereocenters. The van der Waals surface area contributed by atoms with Gasteiger partial charge in [-0.15, -0.1) is 0 Å². The fraction of sp³-hybridized carbons (Fsp3) is 0.278. The van der Waals surface area contributed by atoms with Crippen LogP contribution in [0.25, 0.3) is 0 Å². The van der Waals surface area contributed by atoms with Crippen LogP contribution in [0.4, 0.5) is 5.69 Å². The van der Waals surface area contributed by atoms with Gasteiger partial charge in [0, 0.05) is 25.1 Å². The van der Waals surface area contributed by atoms with Crippen LogP contribution in [0.2, 0.25) is 5.02 Å². The van der Waals surface area contributed by atoms with Crippen LogP contribution in [-0.4, -0.2) is 31.3 Å². The largest absolute Gasteiger partial charge is 0.496 e. The van der Waals surface area contributed by atoms with Crippen LogP contribution in [0.15, 0.2) is 42.5 Å². The number of methoxy groups -OCH3 is 1. The Morgan fingerprint density at radius 3 is 2.67 bits per heavy atom. The average molecular weight is 349 g/mol. The number of benzene rings is 2. The molecule has 0 aliphatic heterocycles. The van der Waals surface area contributed by atoms with Crippen molar-refractivity contribution in [1.82, 2.24) is 5.32 Å². The summed E-state index contributed by atoms with van der Waals surface area (Å²) in [5, 5.41) is 12.4. The second-order valence-corrected chi connectivity index (χ2v) is 5.81. The van der Waals surface area contributed by atoms with Crippen LogP contribution in [0.1, 0.15) is 28.3 Å². The van der Waals surface area contributed by atoms with Gasteiger partial charge in [0.05, 0.1) is 23.4 Å². The predicted molar refractivity (Wildman–Crippen MR) is 95.6 cm³/mol. The normalized spacial score (nSPS) is 11.8. The van der Waals surface area contributed by atoms with Gasteiger partial charge < -0.3 is 20.9 Å². The van der Waals surface area contributed by atoms with E-state index in [9.17, 15) is 9.90 Å². The van der Waals surface area contributed by atoms with E-state index in [1.165, 1.54) is 19.2 Å². The molecule has 0 aliphatic carbocycles. The Kier molecular flexibility index (Phi) is 6.46. The highest BCUT2D eigenvalue weighted by molar-refractivity contribution is 6.33. The van der Waals surface area contributed by atoms with Crippen LogP contribution in [-0.2, 0) is 0 Å². The van der Waals surface area contributed by atoms with Crippen molar-refractivity contribution in [3.05, 3.63) is 58.6 Å². The van der Waals surface area contributed by atoms with E-state index in [1.54, 1.807) is 0 Å². The van der Waals surface area contributed by atoms with Gasteiger partial charge in [-0.3, -0.25) is 4.79 Å². The minimum atomic E-state index is -0.298. The van der Waals surface area contributed by atoms with E-state index in [4.69, 9.17) is 22.1 Å². The Morgan fingerprint density at radius 1 is 1.33 bits per heavy atom. The van der Waals surface area contributed by atoms with Crippen LogP contribution in [0, 0.1) is 0 Å². The molecule has 4 N–H and O–H groups in total. The summed E-state index contributed by atoms with van der Waals surface area (Å²) in [4.78, 5) is 12.5. The van der Waals surface area contributed by atoms with E-state index in [0.29, 0.717) is 35.0 Å². The molecule has 1 amide bonds. The van der Waals surface area contributed by atoms with E-state index in [2.05, 4.69) is 5.32 Å². The summed E-state index contributed by atoms with van der Waals surface area (Å²) in [5.74, 6) is 0.0934. The SMILES string of the molecule is COc1cc(N)c(Cl)cc1C(=O)NCC(CCO)c1ccccc1. The van der Waals surface area contributed by atoms with Crippen LogP contribution >= 0.6 is 11.6 Å². The fourth-order valence-corrected chi connectivity index (χ4v) is 2.66. The van der Waals surface area contributed by atoms with E-state index in [0.717, 1.165) is 5.56 Å². The molecule has 128 valence electrons. The molecule has 5 nitrogen and oxygen atoms in total. The number of aliphatic hydroxyl groups is 1. The molecule has 0 aliphatic rings. The molecule has 0 fully saturated rings. The molecule has 24 heavy (non-hydrogen) atoms. The molecule has 2 rings (SSSR count). The minimum Gasteiger partial charge on any atom is -0.496 e. The van der Waals surface area contributed by atoms with Crippen LogP contribution in [0.3, 0.4) is 0 Å². The second-order valence-electron chi connectivity index (χ2n) is 5.40. The smallest absolute Gasteiger partial charge is 0.255 e. The Balaban J connectivity index is 2.13. The number of hydrogen-bond acceptors (Lipinski definition) is 4. The number of amides is 1. The van der Waals surface area contributed by atoms with Gasteiger partial charge in [0.15, 0.2) is 0 Å². The van der Waals surface area contributed by atoms with Crippen molar-refractivity contribution >= 4 is 23.2 Å². The van der Waals surface area contributed by atoms with E-state index < -0.39 is 0 Å². The average Bonchev–Trinajstić information content (AvgIpc) is 2.61. The summed E-state index contributed by atoms with van der Waals surface area (Å²) in [6.07, 6.45) is 0.559. The summed E-state index contributed by atoms with van der Waals surface area (Å²) in [6, 6.07) is 12.8. The van der Waals surface area contributed by atoms with Crippen LogP contribution in [0.5, 0.6) is 5.75 Å². The first-order valence-electron chi connectivity index (χ1n) is 7.63. The topological polar surface area (TPSA) is 84.6 Å². The lowest BCUT2D eigenvalue weighted by atomic mass is 9.96. The first kappa shape index (κ1) is 18.1. The highest BCUT2D eigenvalue weighted by Crippen LogP contribution is 2.29. The van der Waals surface area contributed by atoms with Crippen molar-refractivity contribution in [2.75, 3.05) is 26.0 Å². The molecular formula is C18H21ClN2O3. The molecule has 0 bridgehead atoms. The Morgan fingerprint density at radius 2 is 2.04 bits per heavy atom. The van der Waals surface area contributed by atoms with Crippen molar-refractivity contribution in [1.29, 1.82) is 0 Å². The number of nitrogens with one attached hydrogen (secondary N) is 1. The fourth-order valence-electron chi connectivity index (χ4n) is 2.49. The quantitative estimate of drug-likeness (QED) is 0.672. The summed E-state index contributed by atoms with van der Waals surface area (Å²) in [5.41, 5.74) is 7.48. The number of halogens is 1. The maximum absolute atomic E-state index is 12.5. The number of carbonyl (C=O) groups excluding carboxylic acids is 1. The molecule has 0 radical (unpaired) electrons. The monoisotopic (exact) mass is 348 g/mol. The summed E-state index contributed by atoms with van der Waals surface area (Å²) >= 11 is 6.00. The highest BCUT2D eigenvalue weighted by Gasteiger charge is 2.17. The highest BCUT2D eigenvalue weighted by atomic mass is 35.5. The maximum Gasteiger partial charge on any atom is 0.255 e. The molecule has 2 aromatic rings. The molecule has 0 saturated heterocycles. The van der Waals surface area contributed by atoms with Crippen LogP contribution < -0.4 is 15.8 Å². The third kappa shape index (κ3) is 4.40. The van der Waals surface area contributed by atoms with Gasteiger partial charge in [0.25, 0.3) is 5.91 Å². The van der Waals surface area contributed by atoms with Gasteiger partial charge in [-0.05, 0) is 18.1 Å². The number of aliphatic hydroxyl groups excluding tert-OH is 1. The molecule has 0 saturated carbocycles. The zero-order valence-electron chi connectivity index (χ0n) is 13.5. The van der Waals surface area contributed by atoms with Crippen molar-refractivity contribution < 1.29 is 14.6 Å². The third-order valence-electron chi connectivity index (χ3n) is 3.82. The molecular weight excluding hydrogens is 328 g/mol. The van der Waals surface area contributed by atoms with Crippen molar-refractivity contribution in [2.45, 2.75) is 12.3 Å². The molecule has 6 heteroatoms. The van der Waals surface area contributed by atoms with Gasteiger partial charge in [0.1, 0.15) is 5.75 Å². The summed E-state index contributed by atoms with van der Waals surface area (Å²) in [6.45, 7) is 0.445. The number of anilines is 1. The Hall–Kier alpha value is -2.24. The lowest BCUT2D eigenvalue weighted by Gasteiger charge is -2.18. The minimum absolute atomic E-state index is 0.0235. The number of ether oxygens (including phenoxy) is 1. The zero-order valence-corrected chi connectivity index (χ0v) is 14.2. The Bertz CT molecular complexity index is 692. The van der Waals surface area contributed by atoms with Gasteiger partial charge >= 0.3 is 0 Å². The van der Waals surface area contributed by atoms with Gasteiger partial charge in [-0.2, -0.15) is 0 Å². The lowest BCUT2D eigenvalue weighted by Crippen LogP contribution is -2.29. The standard InChI is InChI=1S/C18H21ClN2O3/c1-24-17-10-16(20)15(19)9-14(17)18(23)21-11-13(7-8-22)12-5-3-2-4-6-12/h2-6,9-10,13,22H,7-8,11,20H2,1H3,(H,21,23). The summed E-state index contributed by atoms with van der Waals surface area (Å²) in [7, 11) is 1.47. The zero-order chi connectivity index (χ0) is 17.5. The predicted octanol–water partition coefficient (Wildman–Crippen LogP) is 2.83. The number of carbonyl (C=O) groups is 1. The number of nitrogens with two attached hydrogens (primary N) is 1. The van der Waals surface area contributed by atoms with Gasteiger partial charge in [0.2, 0.25) is 0 Å². The lowest BCUT2D eigenvalue weighted by molar-refractivity contribution is 0.0946. The Labute approximate surface area is 146 Å².